The van der Waals surface area contributed by atoms with Gasteiger partial charge >= 0.3 is 0 Å². The summed E-state index contributed by atoms with van der Waals surface area (Å²) < 4.78 is 16.5. The standard InChI is InChI=1S/C26H44N2O3/c1-8-9-10-11-12-13-16-28(4)17-14-15-26(20-27,21(2)3)22-18-23(29-5)25(31-7)24(19-22)30-6/h18-19,21H,8-17H2,1-7H3/t26-/m0/s1. The first kappa shape index (κ1) is 27.1. The molecule has 5 nitrogen and oxygen atoms in total. The van der Waals surface area contributed by atoms with Crippen molar-refractivity contribution in [1.82, 2.24) is 4.90 Å². The highest BCUT2D eigenvalue weighted by atomic mass is 16.5. The van der Waals surface area contributed by atoms with Crippen molar-refractivity contribution in [2.24, 2.45) is 5.92 Å². The summed E-state index contributed by atoms with van der Waals surface area (Å²) in [6.45, 7) is 8.61. The number of hydrogen-bond acceptors (Lipinski definition) is 5. The molecular weight excluding hydrogens is 388 g/mol. The number of benzene rings is 1. The van der Waals surface area contributed by atoms with E-state index in [4.69, 9.17) is 14.2 Å². The lowest BCUT2D eigenvalue weighted by molar-refractivity contribution is 0.284. The van der Waals surface area contributed by atoms with Crippen LogP contribution in [0.2, 0.25) is 0 Å². The average molecular weight is 433 g/mol. The van der Waals surface area contributed by atoms with Crippen LogP contribution in [0.5, 0.6) is 17.2 Å². The van der Waals surface area contributed by atoms with Crippen molar-refractivity contribution >= 4 is 0 Å². The Kier molecular flexibility index (Phi) is 12.4. The van der Waals surface area contributed by atoms with Gasteiger partial charge in [-0.1, -0.05) is 52.9 Å². The van der Waals surface area contributed by atoms with Crippen molar-refractivity contribution in [2.45, 2.75) is 77.6 Å². The van der Waals surface area contributed by atoms with Gasteiger partial charge in [0.05, 0.1) is 32.8 Å². The van der Waals surface area contributed by atoms with Gasteiger partial charge in [0.1, 0.15) is 0 Å². The third kappa shape index (κ3) is 7.61. The molecule has 31 heavy (non-hydrogen) atoms. The fourth-order valence-corrected chi connectivity index (χ4v) is 4.26. The molecule has 176 valence electrons. The predicted molar refractivity (Wildman–Crippen MR) is 128 cm³/mol. The first-order valence-electron chi connectivity index (χ1n) is 11.8. The number of unbranched alkanes of at least 4 members (excludes halogenated alkanes) is 5. The Morgan fingerprint density at radius 3 is 1.94 bits per heavy atom. The predicted octanol–water partition coefficient (Wildman–Crippen LogP) is 6.20. The number of nitrogens with zero attached hydrogens (tertiary/aromatic N) is 2. The number of nitriles is 1. The quantitative estimate of drug-likeness (QED) is 0.291. The minimum atomic E-state index is -0.603. The maximum atomic E-state index is 10.3. The Labute approximate surface area is 190 Å². The maximum Gasteiger partial charge on any atom is 0.203 e. The molecule has 1 atom stereocenters. The van der Waals surface area contributed by atoms with Gasteiger partial charge in [0.2, 0.25) is 5.75 Å². The van der Waals surface area contributed by atoms with Crippen LogP contribution >= 0.6 is 0 Å². The zero-order valence-electron chi connectivity index (χ0n) is 20.9. The van der Waals surface area contributed by atoms with Gasteiger partial charge in [-0.25, -0.2) is 0 Å². The van der Waals surface area contributed by atoms with E-state index < -0.39 is 5.41 Å². The van der Waals surface area contributed by atoms with Gasteiger partial charge in [-0.2, -0.15) is 5.26 Å². The van der Waals surface area contributed by atoms with Crippen LogP contribution in [0.4, 0.5) is 0 Å². The van der Waals surface area contributed by atoms with Crippen LogP contribution in [0.1, 0.15) is 77.7 Å². The Morgan fingerprint density at radius 1 is 0.903 bits per heavy atom. The van der Waals surface area contributed by atoms with Gasteiger partial charge in [0.15, 0.2) is 11.5 Å². The first-order chi connectivity index (χ1) is 14.9. The lowest BCUT2D eigenvalue weighted by Crippen LogP contribution is -2.32. The molecule has 0 N–H and O–H groups in total. The minimum Gasteiger partial charge on any atom is -0.493 e. The molecule has 0 aliphatic carbocycles. The summed E-state index contributed by atoms with van der Waals surface area (Å²) >= 11 is 0. The van der Waals surface area contributed by atoms with Crippen LogP contribution in [-0.2, 0) is 5.41 Å². The molecule has 0 fully saturated rings. The minimum absolute atomic E-state index is 0.157. The molecule has 0 unspecified atom stereocenters. The SMILES string of the molecule is CCCCCCCCN(C)CCC[C@@](C#N)(c1cc(OC)c(OC)c(OC)c1)C(C)C. The molecule has 1 rings (SSSR count). The number of rotatable bonds is 16. The van der Waals surface area contributed by atoms with Gasteiger partial charge in [-0.3, -0.25) is 0 Å². The zero-order valence-corrected chi connectivity index (χ0v) is 20.9. The van der Waals surface area contributed by atoms with E-state index in [1.54, 1.807) is 21.3 Å². The fraction of sp³-hybridized carbons (Fsp3) is 0.731. The summed E-state index contributed by atoms with van der Waals surface area (Å²) in [7, 11) is 7.01. The van der Waals surface area contributed by atoms with Crippen molar-refractivity contribution in [3.8, 4) is 23.3 Å². The number of ether oxygens (including phenoxy) is 3. The van der Waals surface area contributed by atoms with Gasteiger partial charge in [0.25, 0.3) is 0 Å². The summed E-state index contributed by atoms with van der Waals surface area (Å²) in [5, 5.41) is 10.3. The second-order valence-corrected chi connectivity index (χ2v) is 8.83. The molecule has 5 heteroatoms. The highest BCUT2D eigenvalue weighted by molar-refractivity contribution is 5.56. The van der Waals surface area contributed by atoms with Gasteiger partial charge < -0.3 is 19.1 Å². The number of methoxy groups -OCH3 is 3. The molecule has 0 radical (unpaired) electrons. The van der Waals surface area contributed by atoms with Crippen LogP contribution in [0.25, 0.3) is 0 Å². The van der Waals surface area contributed by atoms with E-state index in [9.17, 15) is 5.26 Å². The molecular formula is C26H44N2O3. The van der Waals surface area contributed by atoms with E-state index in [-0.39, 0.29) is 5.92 Å². The molecule has 0 spiro atoms. The zero-order chi connectivity index (χ0) is 23.3. The highest BCUT2D eigenvalue weighted by Crippen LogP contribution is 2.45. The molecule has 0 aromatic heterocycles. The van der Waals surface area contributed by atoms with Gasteiger partial charge in [-0.05, 0) is 63.0 Å². The van der Waals surface area contributed by atoms with E-state index in [2.05, 4.69) is 38.8 Å². The van der Waals surface area contributed by atoms with Crippen LogP contribution < -0.4 is 14.2 Å². The average Bonchev–Trinajstić information content (AvgIpc) is 2.77. The van der Waals surface area contributed by atoms with Crippen molar-refractivity contribution in [2.75, 3.05) is 41.5 Å². The molecule has 0 saturated heterocycles. The summed E-state index contributed by atoms with van der Waals surface area (Å²) in [5.41, 5.74) is 0.325. The highest BCUT2D eigenvalue weighted by Gasteiger charge is 2.37. The Morgan fingerprint density at radius 2 is 1.45 bits per heavy atom. The molecule has 0 aliphatic heterocycles. The summed E-state index contributed by atoms with van der Waals surface area (Å²) in [4.78, 5) is 2.40. The van der Waals surface area contributed by atoms with Crippen molar-refractivity contribution < 1.29 is 14.2 Å². The lowest BCUT2D eigenvalue weighted by Gasteiger charge is -2.33. The summed E-state index contributed by atoms with van der Waals surface area (Å²) in [5.74, 6) is 1.90. The molecule has 1 aromatic carbocycles. The third-order valence-corrected chi connectivity index (χ3v) is 6.37. The van der Waals surface area contributed by atoms with E-state index in [1.165, 1.54) is 38.5 Å². The summed E-state index contributed by atoms with van der Waals surface area (Å²) in [6, 6.07) is 6.52. The van der Waals surface area contributed by atoms with Crippen LogP contribution in [0, 0.1) is 17.2 Å². The Bertz CT molecular complexity index is 659. The summed E-state index contributed by atoms with van der Waals surface area (Å²) in [6.07, 6.45) is 9.66. The molecule has 1 aromatic rings. The van der Waals surface area contributed by atoms with E-state index in [0.717, 1.165) is 31.5 Å². The maximum absolute atomic E-state index is 10.3. The topological polar surface area (TPSA) is 54.7 Å². The van der Waals surface area contributed by atoms with E-state index in [0.29, 0.717) is 17.2 Å². The monoisotopic (exact) mass is 432 g/mol. The van der Waals surface area contributed by atoms with E-state index in [1.807, 2.05) is 12.1 Å². The van der Waals surface area contributed by atoms with Crippen LogP contribution in [0.3, 0.4) is 0 Å². The Hall–Kier alpha value is -1.93. The van der Waals surface area contributed by atoms with Crippen LogP contribution in [0.15, 0.2) is 12.1 Å². The normalized spacial score (nSPS) is 13.2. The van der Waals surface area contributed by atoms with E-state index >= 15 is 0 Å². The molecule has 0 aliphatic rings. The molecule has 0 heterocycles. The number of hydrogen-bond donors (Lipinski definition) is 0. The van der Waals surface area contributed by atoms with Crippen molar-refractivity contribution in [1.29, 1.82) is 5.26 Å². The second kappa shape index (κ2) is 14.2. The lowest BCUT2D eigenvalue weighted by atomic mass is 9.69. The van der Waals surface area contributed by atoms with Gasteiger partial charge in [-0.15, -0.1) is 0 Å². The third-order valence-electron chi connectivity index (χ3n) is 6.37. The van der Waals surface area contributed by atoms with Crippen LogP contribution in [-0.4, -0.2) is 46.4 Å². The Balaban J connectivity index is 2.84. The smallest absolute Gasteiger partial charge is 0.203 e. The molecule has 0 bridgehead atoms. The van der Waals surface area contributed by atoms with Crippen molar-refractivity contribution in [3.63, 3.8) is 0 Å². The largest absolute Gasteiger partial charge is 0.493 e. The second-order valence-electron chi connectivity index (χ2n) is 8.83. The first-order valence-corrected chi connectivity index (χ1v) is 11.8. The van der Waals surface area contributed by atoms with Gasteiger partial charge in [0, 0.05) is 0 Å². The molecule has 0 amide bonds. The van der Waals surface area contributed by atoms with Crippen molar-refractivity contribution in [3.05, 3.63) is 17.7 Å². The fourth-order valence-electron chi connectivity index (χ4n) is 4.26. The molecule has 0 saturated carbocycles.